The van der Waals surface area contributed by atoms with Gasteiger partial charge in [-0.1, -0.05) is 48.5 Å². The molecule has 144 valence electrons. The lowest BCUT2D eigenvalue weighted by Crippen LogP contribution is -2.40. The quantitative estimate of drug-likeness (QED) is 0.642. The first-order valence-electron chi connectivity index (χ1n) is 10.1. The molecule has 2 aliphatic rings. The van der Waals surface area contributed by atoms with Crippen LogP contribution in [0.15, 0.2) is 54.6 Å². The number of likely N-dealkylation sites (N-methyl/N-ethyl adjacent to an activating group) is 1. The Hall–Kier alpha value is -2.59. The van der Waals surface area contributed by atoms with Crippen LogP contribution in [0, 0.1) is 12.3 Å². The molecule has 0 spiro atoms. The van der Waals surface area contributed by atoms with E-state index in [-0.39, 0.29) is 17.9 Å². The molecule has 3 heterocycles. The number of aromatic nitrogens is 1. The molecule has 4 heteroatoms. The van der Waals surface area contributed by atoms with Gasteiger partial charge < -0.3 is 9.30 Å². The second kappa shape index (κ2) is 6.21. The molecule has 1 fully saturated rings. The van der Waals surface area contributed by atoms with Crippen LogP contribution in [0.2, 0.25) is 0 Å². The summed E-state index contributed by atoms with van der Waals surface area (Å²) in [4.78, 5) is 15.9. The van der Waals surface area contributed by atoms with Gasteiger partial charge in [-0.25, -0.2) is 0 Å². The number of carbonyl (C=O) groups is 1. The predicted molar refractivity (Wildman–Crippen MR) is 110 cm³/mol. The summed E-state index contributed by atoms with van der Waals surface area (Å²) in [5, 5.41) is 1.28. The van der Waals surface area contributed by atoms with E-state index in [9.17, 15) is 4.79 Å². The van der Waals surface area contributed by atoms with Gasteiger partial charge in [0.1, 0.15) is 5.41 Å². The highest BCUT2D eigenvalue weighted by Crippen LogP contribution is 2.61. The van der Waals surface area contributed by atoms with E-state index in [0.29, 0.717) is 13.2 Å². The second-order valence-corrected chi connectivity index (χ2v) is 8.18. The average Bonchev–Trinajstić information content (AvgIpc) is 3.30. The normalized spacial score (nSPS) is 26.4. The minimum absolute atomic E-state index is 0.0316. The van der Waals surface area contributed by atoms with Crippen LogP contribution in [0.5, 0.6) is 0 Å². The van der Waals surface area contributed by atoms with Gasteiger partial charge in [0.25, 0.3) is 0 Å². The van der Waals surface area contributed by atoms with Gasteiger partial charge >= 0.3 is 5.97 Å². The third kappa shape index (κ3) is 2.12. The van der Waals surface area contributed by atoms with Gasteiger partial charge in [0, 0.05) is 35.6 Å². The summed E-state index contributed by atoms with van der Waals surface area (Å²) in [7, 11) is 2.15. The van der Waals surface area contributed by atoms with Crippen molar-refractivity contribution in [2.24, 2.45) is 5.41 Å². The summed E-state index contributed by atoms with van der Waals surface area (Å²) in [6.07, 6.45) is 0. The number of carbonyl (C=O) groups excluding carboxylic acids is 1. The number of hydrogen-bond donors (Lipinski definition) is 0. The third-order valence-corrected chi connectivity index (χ3v) is 6.83. The van der Waals surface area contributed by atoms with Crippen molar-refractivity contribution in [2.45, 2.75) is 32.4 Å². The van der Waals surface area contributed by atoms with E-state index in [1.54, 1.807) is 0 Å². The molecule has 2 aromatic carbocycles. The number of likely N-dealkylation sites (tertiary alicyclic amines) is 1. The molecule has 4 nitrogen and oxygen atoms in total. The minimum atomic E-state index is -0.587. The maximum absolute atomic E-state index is 13.5. The molecule has 2 aliphatic heterocycles. The molecule has 0 radical (unpaired) electrons. The monoisotopic (exact) mass is 374 g/mol. The van der Waals surface area contributed by atoms with Crippen LogP contribution in [-0.2, 0) is 16.1 Å². The lowest BCUT2D eigenvalue weighted by molar-refractivity contribution is -0.157. The lowest BCUT2D eigenvalue weighted by Gasteiger charge is -2.33. The van der Waals surface area contributed by atoms with Crippen molar-refractivity contribution in [1.29, 1.82) is 0 Å². The summed E-state index contributed by atoms with van der Waals surface area (Å²) in [6.45, 7) is 6.03. The largest absolute Gasteiger partial charge is 0.465 e. The van der Waals surface area contributed by atoms with Crippen molar-refractivity contribution in [3.63, 3.8) is 0 Å². The number of esters is 1. The first-order valence-corrected chi connectivity index (χ1v) is 10.1. The molecule has 0 N–H and O–H groups in total. The summed E-state index contributed by atoms with van der Waals surface area (Å²) >= 11 is 0. The number of rotatable bonds is 3. The van der Waals surface area contributed by atoms with Gasteiger partial charge in [0.15, 0.2) is 0 Å². The lowest BCUT2D eigenvalue weighted by atomic mass is 9.70. The van der Waals surface area contributed by atoms with Gasteiger partial charge in [-0.05, 0) is 38.1 Å². The van der Waals surface area contributed by atoms with Crippen LogP contribution in [0.4, 0.5) is 0 Å². The van der Waals surface area contributed by atoms with Crippen LogP contribution >= 0.6 is 0 Å². The number of nitrogens with zero attached hydrogens (tertiary/aromatic N) is 2. The van der Waals surface area contributed by atoms with E-state index >= 15 is 0 Å². The zero-order chi connectivity index (χ0) is 19.5. The van der Waals surface area contributed by atoms with Crippen molar-refractivity contribution in [3.05, 3.63) is 71.4 Å². The smallest absolute Gasteiger partial charge is 0.316 e. The number of fused-ring (bicyclic) bond motifs is 5. The number of hydrogen-bond acceptors (Lipinski definition) is 3. The van der Waals surface area contributed by atoms with Crippen molar-refractivity contribution in [2.75, 3.05) is 20.2 Å². The molecule has 0 amide bonds. The van der Waals surface area contributed by atoms with E-state index in [2.05, 4.69) is 72.0 Å². The molecular formula is C24H26N2O2. The summed E-state index contributed by atoms with van der Waals surface area (Å²) in [5.41, 5.74) is 4.41. The van der Waals surface area contributed by atoms with Gasteiger partial charge in [-0.2, -0.15) is 0 Å². The maximum atomic E-state index is 13.5. The highest BCUT2D eigenvalue weighted by atomic mass is 16.5. The highest BCUT2D eigenvalue weighted by Gasteiger charge is 2.64. The first kappa shape index (κ1) is 17.5. The van der Waals surface area contributed by atoms with E-state index in [1.807, 2.05) is 13.0 Å². The van der Waals surface area contributed by atoms with Crippen molar-refractivity contribution >= 4 is 16.9 Å². The van der Waals surface area contributed by atoms with Crippen LogP contribution in [0.1, 0.15) is 35.7 Å². The molecular weight excluding hydrogens is 348 g/mol. The Balaban J connectivity index is 1.75. The zero-order valence-corrected chi connectivity index (χ0v) is 16.7. The Labute approximate surface area is 165 Å². The van der Waals surface area contributed by atoms with E-state index < -0.39 is 5.41 Å². The van der Waals surface area contributed by atoms with Crippen molar-refractivity contribution < 1.29 is 9.53 Å². The Kier molecular flexibility index (Phi) is 3.88. The molecule has 1 unspecified atom stereocenters. The standard InChI is InChI=1S/C24H26N2O2/c1-4-28-23(27)24-15-26-20-13-9-8-12-18(20)16(2)21(26)22(24)25(3)14-19(24)17-10-6-5-7-11-17/h5-13,19,22H,4,14-15H2,1-3H3/t19-,22+,24?/m1/s1. The number of ether oxygens (including phenoxy) is 1. The first-order chi connectivity index (χ1) is 13.6. The van der Waals surface area contributed by atoms with Crippen LogP contribution in [-0.4, -0.2) is 35.6 Å². The molecule has 1 saturated heterocycles. The van der Waals surface area contributed by atoms with Crippen molar-refractivity contribution in [3.8, 4) is 0 Å². The van der Waals surface area contributed by atoms with Crippen molar-refractivity contribution in [1.82, 2.24) is 9.47 Å². The fraction of sp³-hybridized carbons (Fsp3) is 0.375. The Morgan fingerprint density at radius 1 is 1.14 bits per heavy atom. The molecule has 0 saturated carbocycles. The van der Waals surface area contributed by atoms with Gasteiger partial charge in [-0.15, -0.1) is 0 Å². The topological polar surface area (TPSA) is 34.5 Å². The minimum Gasteiger partial charge on any atom is -0.465 e. The fourth-order valence-electron chi connectivity index (χ4n) is 5.74. The zero-order valence-electron chi connectivity index (χ0n) is 16.7. The van der Waals surface area contributed by atoms with Crippen LogP contribution < -0.4 is 0 Å². The predicted octanol–water partition coefficient (Wildman–Crippen LogP) is 4.28. The van der Waals surface area contributed by atoms with Gasteiger partial charge in [-0.3, -0.25) is 9.69 Å². The Bertz CT molecular complexity index is 1060. The Morgan fingerprint density at radius 3 is 2.61 bits per heavy atom. The second-order valence-electron chi connectivity index (χ2n) is 8.18. The Morgan fingerprint density at radius 2 is 1.86 bits per heavy atom. The van der Waals surface area contributed by atoms with Gasteiger partial charge in [0.2, 0.25) is 0 Å². The molecule has 5 rings (SSSR count). The van der Waals surface area contributed by atoms with E-state index in [1.165, 1.54) is 27.7 Å². The number of para-hydroxylation sites is 1. The molecule has 28 heavy (non-hydrogen) atoms. The molecule has 1 aromatic heterocycles. The highest BCUT2D eigenvalue weighted by molar-refractivity contribution is 5.89. The number of aryl methyl sites for hydroxylation is 1. The van der Waals surface area contributed by atoms with Crippen LogP contribution in [0.25, 0.3) is 10.9 Å². The third-order valence-electron chi connectivity index (χ3n) is 6.83. The molecule has 3 aromatic rings. The van der Waals surface area contributed by atoms with Crippen LogP contribution in [0.3, 0.4) is 0 Å². The molecule has 0 bridgehead atoms. The average molecular weight is 374 g/mol. The molecule has 0 aliphatic carbocycles. The van der Waals surface area contributed by atoms with E-state index in [0.717, 1.165) is 6.54 Å². The fourth-order valence-corrected chi connectivity index (χ4v) is 5.74. The summed E-state index contributed by atoms with van der Waals surface area (Å²) in [6, 6.07) is 19.0. The molecule has 3 atom stereocenters. The number of benzene rings is 2. The summed E-state index contributed by atoms with van der Waals surface area (Å²) in [5.74, 6) is 0.0474. The SMILES string of the molecule is CCOC(=O)C12Cn3c(c(C)c4ccccc43)[C@@H]1N(C)C[C@@H]2c1ccccc1. The summed E-state index contributed by atoms with van der Waals surface area (Å²) < 4.78 is 8.08. The maximum Gasteiger partial charge on any atom is 0.316 e. The van der Waals surface area contributed by atoms with E-state index in [4.69, 9.17) is 4.74 Å². The van der Waals surface area contributed by atoms with Gasteiger partial charge in [0.05, 0.1) is 12.6 Å².